The highest BCUT2D eigenvalue weighted by Crippen LogP contribution is 2.21. The van der Waals surface area contributed by atoms with Crippen molar-refractivity contribution in [2.45, 2.75) is 63.8 Å². The first kappa shape index (κ1) is 20.1. The third-order valence-electron chi connectivity index (χ3n) is 4.92. The first-order chi connectivity index (χ1) is 12.0. The van der Waals surface area contributed by atoms with Crippen molar-refractivity contribution < 1.29 is 24.2 Å². The van der Waals surface area contributed by atoms with E-state index in [1.165, 1.54) is 25.7 Å². The molecule has 0 spiro atoms. The van der Waals surface area contributed by atoms with E-state index >= 15 is 0 Å². The number of carboxylic acids is 1. The summed E-state index contributed by atoms with van der Waals surface area (Å²) >= 11 is 0. The molecule has 1 N–H and O–H groups in total. The lowest BCUT2D eigenvalue weighted by Gasteiger charge is -2.36. The molecule has 1 heterocycles. The minimum atomic E-state index is -0.864. The molecule has 0 radical (unpaired) electrons. The molecule has 2 unspecified atom stereocenters. The molecule has 1 saturated heterocycles. The number of rotatable bonds is 7. The second-order valence-corrected chi connectivity index (χ2v) is 7.26. The van der Waals surface area contributed by atoms with Gasteiger partial charge >= 0.3 is 5.97 Å². The average molecular weight is 356 g/mol. The van der Waals surface area contributed by atoms with Crippen molar-refractivity contribution in [2.75, 3.05) is 39.8 Å². The van der Waals surface area contributed by atoms with E-state index in [1.54, 1.807) is 16.8 Å². The fourth-order valence-electron chi connectivity index (χ4n) is 3.66. The Morgan fingerprint density at radius 3 is 2.60 bits per heavy atom. The van der Waals surface area contributed by atoms with Crippen LogP contribution in [-0.4, -0.2) is 84.9 Å². The zero-order valence-corrected chi connectivity index (χ0v) is 15.5. The van der Waals surface area contributed by atoms with Gasteiger partial charge in [0, 0.05) is 19.6 Å². The second-order valence-electron chi connectivity index (χ2n) is 7.26. The van der Waals surface area contributed by atoms with Crippen LogP contribution in [0.3, 0.4) is 0 Å². The molecule has 2 fully saturated rings. The van der Waals surface area contributed by atoms with Crippen molar-refractivity contribution >= 4 is 11.9 Å². The Kier molecular flexibility index (Phi) is 8.12. The summed E-state index contributed by atoms with van der Waals surface area (Å²) in [5.41, 5.74) is 0. The van der Waals surface area contributed by atoms with Gasteiger partial charge in [-0.05, 0) is 26.8 Å². The van der Waals surface area contributed by atoms with Crippen molar-refractivity contribution in [2.24, 2.45) is 0 Å². The van der Waals surface area contributed by atoms with Gasteiger partial charge in [0.25, 0.3) is 5.91 Å². The molecular formula is C18H32N2O5. The standard InChI is InChI=1S/C18H32N2O5/c1-14(25-15-7-5-3-4-6-8-15)18(23)20-9-10-24-16(12-20)11-19(2)13-17(21)22/h14-16H,3-13H2,1-2H3,(H,21,22). The van der Waals surface area contributed by atoms with Gasteiger partial charge in [-0.25, -0.2) is 0 Å². The number of carboxylic acid groups (broad SMARTS) is 1. The molecule has 2 rings (SSSR count). The van der Waals surface area contributed by atoms with Gasteiger partial charge in [0.15, 0.2) is 0 Å². The quantitative estimate of drug-likeness (QED) is 0.694. The molecular weight excluding hydrogens is 324 g/mol. The first-order valence-corrected chi connectivity index (χ1v) is 9.42. The lowest BCUT2D eigenvalue weighted by molar-refractivity contribution is -0.154. The minimum absolute atomic E-state index is 0.0124. The second kappa shape index (κ2) is 10.1. The van der Waals surface area contributed by atoms with Gasteiger partial charge in [-0.1, -0.05) is 25.7 Å². The largest absolute Gasteiger partial charge is 0.480 e. The monoisotopic (exact) mass is 356 g/mol. The summed E-state index contributed by atoms with van der Waals surface area (Å²) in [7, 11) is 1.75. The van der Waals surface area contributed by atoms with Crippen LogP contribution in [0.4, 0.5) is 0 Å². The highest BCUT2D eigenvalue weighted by molar-refractivity contribution is 5.80. The van der Waals surface area contributed by atoms with Crippen molar-refractivity contribution in [3.63, 3.8) is 0 Å². The Balaban J connectivity index is 1.80. The molecule has 0 aromatic carbocycles. The number of aliphatic carboxylic acids is 1. The van der Waals surface area contributed by atoms with Crippen LogP contribution in [0.2, 0.25) is 0 Å². The summed E-state index contributed by atoms with van der Waals surface area (Å²) in [6.07, 6.45) is 6.58. The third kappa shape index (κ3) is 6.92. The molecule has 0 aromatic heterocycles. The van der Waals surface area contributed by atoms with E-state index in [0.29, 0.717) is 26.2 Å². The van der Waals surface area contributed by atoms with E-state index in [-0.39, 0.29) is 24.7 Å². The zero-order chi connectivity index (χ0) is 18.2. The van der Waals surface area contributed by atoms with Gasteiger partial charge < -0.3 is 19.5 Å². The van der Waals surface area contributed by atoms with E-state index in [4.69, 9.17) is 14.6 Å². The Hall–Kier alpha value is -1.18. The van der Waals surface area contributed by atoms with E-state index in [2.05, 4.69) is 0 Å². The van der Waals surface area contributed by atoms with Crippen LogP contribution in [0.1, 0.15) is 45.4 Å². The predicted octanol–water partition coefficient (Wildman–Crippen LogP) is 1.36. The molecule has 144 valence electrons. The number of likely N-dealkylation sites (N-methyl/N-ethyl adjacent to an activating group) is 1. The Labute approximate surface area is 150 Å². The summed E-state index contributed by atoms with van der Waals surface area (Å²) in [5, 5.41) is 8.84. The van der Waals surface area contributed by atoms with Gasteiger partial charge in [0.1, 0.15) is 6.10 Å². The molecule has 1 amide bonds. The van der Waals surface area contributed by atoms with Crippen molar-refractivity contribution in [1.29, 1.82) is 0 Å². The van der Waals surface area contributed by atoms with Gasteiger partial charge in [-0.2, -0.15) is 0 Å². The SMILES string of the molecule is CC(OC1CCCCCC1)C(=O)N1CCOC(CN(C)CC(=O)O)C1. The number of ether oxygens (including phenoxy) is 2. The fraction of sp³-hybridized carbons (Fsp3) is 0.889. The Bertz CT molecular complexity index is 437. The summed E-state index contributed by atoms with van der Waals surface area (Å²) < 4.78 is 11.7. The molecule has 1 aliphatic heterocycles. The third-order valence-corrected chi connectivity index (χ3v) is 4.92. The number of carbonyl (C=O) groups is 2. The molecule has 0 aromatic rings. The predicted molar refractivity (Wildman–Crippen MR) is 93.5 cm³/mol. The van der Waals surface area contributed by atoms with Gasteiger partial charge in [-0.15, -0.1) is 0 Å². The lowest BCUT2D eigenvalue weighted by Crippen LogP contribution is -2.52. The van der Waals surface area contributed by atoms with E-state index in [1.807, 2.05) is 6.92 Å². The van der Waals surface area contributed by atoms with Crippen molar-refractivity contribution in [1.82, 2.24) is 9.80 Å². The van der Waals surface area contributed by atoms with Crippen LogP contribution in [0.25, 0.3) is 0 Å². The molecule has 1 aliphatic carbocycles. The highest BCUT2D eigenvalue weighted by atomic mass is 16.5. The average Bonchev–Trinajstić information content (AvgIpc) is 2.82. The maximum absolute atomic E-state index is 12.7. The van der Waals surface area contributed by atoms with Crippen LogP contribution in [0, 0.1) is 0 Å². The van der Waals surface area contributed by atoms with E-state index in [0.717, 1.165) is 12.8 Å². The highest BCUT2D eigenvalue weighted by Gasteiger charge is 2.30. The van der Waals surface area contributed by atoms with Crippen LogP contribution >= 0.6 is 0 Å². The number of amides is 1. The van der Waals surface area contributed by atoms with Gasteiger partial charge in [0.2, 0.25) is 0 Å². The molecule has 0 bridgehead atoms. The van der Waals surface area contributed by atoms with Gasteiger partial charge in [-0.3, -0.25) is 14.5 Å². The number of hydrogen-bond donors (Lipinski definition) is 1. The van der Waals surface area contributed by atoms with E-state index in [9.17, 15) is 9.59 Å². The Morgan fingerprint density at radius 1 is 1.28 bits per heavy atom. The smallest absolute Gasteiger partial charge is 0.317 e. The fourth-order valence-corrected chi connectivity index (χ4v) is 3.66. The van der Waals surface area contributed by atoms with Gasteiger partial charge in [0.05, 0.1) is 25.4 Å². The maximum Gasteiger partial charge on any atom is 0.317 e. The van der Waals surface area contributed by atoms with E-state index < -0.39 is 12.1 Å². The summed E-state index contributed by atoms with van der Waals surface area (Å²) in [6.45, 7) is 3.84. The van der Waals surface area contributed by atoms with Crippen molar-refractivity contribution in [3.05, 3.63) is 0 Å². The topological polar surface area (TPSA) is 79.3 Å². The molecule has 7 heteroatoms. The number of carbonyl (C=O) groups excluding carboxylic acids is 1. The van der Waals surface area contributed by atoms with Crippen molar-refractivity contribution in [3.8, 4) is 0 Å². The maximum atomic E-state index is 12.7. The number of hydrogen-bond acceptors (Lipinski definition) is 5. The Morgan fingerprint density at radius 2 is 1.96 bits per heavy atom. The van der Waals surface area contributed by atoms with Crippen LogP contribution in [0.15, 0.2) is 0 Å². The van der Waals surface area contributed by atoms with Crippen LogP contribution in [-0.2, 0) is 19.1 Å². The first-order valence-electron chi connectivity index (χ1n) is 9.42. The normalized spacial score (nSPS) is 24.1. The summed E-state index contributed by atoms with van der Waals surface area (Å²) in [6, 6.07) is 0. The molecule has 7 nitrogen and oxygen atoms in total. The molecule has 25 heavy (non-hydrogen) atoms. The number of morpholine rings is 1. The zero-order valence-electron chi connectivity index (χ0n) is 15.5. The lowest BCUT2D eigenvalue weighted by atomic mass is 10.1. The van der Waals surface area contributed by atoms with Crippen LogP contribution in [0.5, 0.6) is 0 Å². The number of nitrogens with zero attached hydrogens (tertiary/aromatic N) is 2. The summed E-state index contributed by atoms with van der Waals surface area (Å²) in [4.78, 5) is 27.0. The van der Waals surface area contributed by atoms with Crippen LogP contribution < -0.4 is 0 Å². The molecule has 2 aliphatic rings. The molecule has 2 atom stereocenters. The summed E-state index contributed by atoms with van der Waals surface area (Å²) in [5.74, 6) is -0.852. The molecule has 1 saturated carbocycles. The minimum Gasteiger partial charge on any atom is -0.480 e.